The molecule has 0 N–H and O–H groups in total. The Labute approximate surface area is 91.7 Å². The van der Waals surface area contributed by atoms with Crippen molar-refractivity contribution < 1.29 is 9.18 Å². The highest BCUT2D eigenvalue weighted by molar-refractivity contribution is 6.07. The minimum atomic E-state index is -0.388. The number of rotatable bonds is 2. The smallest absolute Gasteiger partial charge is 0.212 e. The summed E-state index contributed by atoms with van der Waals surface area (Å²) in [7, 11) is 1.62. The van der Waals surface area contributed by atoms with Crippen LogP contribution in [-0.2, 0) is 7.05 Å². The molecule has 0 unspecified atom stereocenters. The van der Waals surface area contributed by atoms with Gasteiger partial charge >= 0.3 is 0 Å². The summed E-state index contributed by atoms with van der Waals surface area (Å²) in [6.45, 7) is 1.65. The number of nitrogens with zero attached hydrogens (tertiary/aromatic N) is 3. The number of hydrogen-bond acceptors (Lipinski definition) is 3. The van der Waals surface area contributed by atoms with E-state index in [1.807, 2.05) is 0 Å². The average Bonchev–Trinajstić information content (AvgIpc) is 2.67. The lowest BCUT2D eigenvalue weighted by Gasteiger charge is -2.02. The van der Waals surface area contributed by atoms with E-state index in [1.165, 1.54) is 16.9 Å². The third kappa shape index (κ3) is 1.71. The number of aryl methyl sites for hydroxylation is 2. The van der Waals surface area contributed by atoms with Crippen molar-refractivity contribution in [2.75, 3.05) is 0 Å². The van der Waals surface area contributed by atoms with Gasteiger partial charge in [-0.05, 0) is 18.6 Å². The monoisotopic (exact) mass is 219 g/mol. The summed E-state index contributed by atoms with van der Waals surface area (Å²) in [6.07, 6.45) is 1.36. The van der Waals surface area contributed by atoms with E-state index >= 15 is 0 Å². The molecule has 1 heterocycles. The molecule has 2 rings (SSSR count). The Balaban J connectivity index is 2.42. The highest BCUT2D eigenvalue weighted by atomic mass is 19.1. The fourth-order valence-electron chi connectivity index (χ4n) is 1.38. The lowest BCUT2D eigenvalue weighted by Crippen LogP contribution is -2.08. The van der Waals surface area contributed by atoms with Crippen LogP contribution in [0.1, 0.15) is 21.6 Å². The lowest BCUT2D eigenvalue weighted by atomic mass is 10.1. The Morgan fingerprint density at radius 2 is 2.19 bits per heavy atom. The Morgan fingerprint density at radius 3 is 2.75 bits per heavy atom. The van der Waals surface area contributed by atoms with Crippen molar-refractivity contribution in [2.24, 2.45) is 7.05 Å². The first-order valence-electron chi connectivity index (χ1n) is 4.75. The van der Waals surface area contributed by atoms with Gasteiger partial charge in [0, 0.05) is 12.6 Å². The van der Waals surface area contributed by atoms with Gasteiger partial charge in [0.05, 0.1) is 6.20 Å². The minimum absolute atomic E-state index is 0.286. The molecule has 0 aliphatic heterocycles. The maximum absolute atomic E-state index is 13.3. The Hall–Kier alpha value is -2.04. The summed E-state index contributed by atoms with van der Waals surface area (Å²) in [5, 5.41) is 7.26. The molecule has 0 saturated carbocycles. The standard InChI is InChI=1S/C11H10FN3O/c1-7-3-4-8(5-9(7)12)11(16)10-6-13-14-15(10)2/h3-6H,1-2H3. The molecule has 0 aliphatic carbocycles. The maximum atomic E-state index is 13.3. The van der Waals surface area contributed by atoms with Gasteiger partial charge in [0.2, 0.25) is 5.78 Å². The van der Waals surface area contributed by atoms with Crippen molar-refractivity contribution in [3.05, 3.63) is 47.0 Å². The second kappa shape index (κ2) is 3.84. The van der Waals surface area contributed by atoms with Gasteiger partial charge in [-0.2, -0.15) is 0 Å². The zero-order valence-corrected chi connectivity index (χ0v) is 8.94. The van der Waals surface area contributed by atoms with Crippen molar-refractivity contribution in [1.29, 1.82) is 0 Å². The van der Waals surface area contributed by atoms with Gasteiger partial charge in [0.1, 0.15) is 11.5 Å². The van der Waals surface area contributed by atoms with Crippen LogP contribution < -0.4 is 0 Å². The molecule has 1 aromatic carbocycles. The van der Waals surface area contributed by atoms with E-state index in [0.29, 0.717) is 16.8 Å². The van der Waals surface area contributed by atoms with E-state index in [0.717, 1.165) is 0 Å². The molecule has 0 fully saturated rings. The quantitative estimate of drug-likeness (QED) is 0.719. The van der Waals surface area contributed by atoms with Crippen molar-refractivity contribution in [3.63, 3.8) is 0 Å². The molecule has 4 nitrogen and oxygen atoms in total. The molecule has 0 spiro atoms. The van der Waals surface area contributed by atoms with Gasteiger partial charge in [-0.25, -0.2) is 9.07 Å². The van der Waals surface area contributed by atoms with E-state index in [4.69, 9.17) is 0 Å². The predicted molar refractivity (Wildman–Crippen MR) is 55.6 cm³/mol. The normalized spacial score (nSPS) is 10.4. The number of halogens is 1. The minimum Gasteiger partial charge on any atom is -0.287 e. The van der Waals surface area contributed by atoms with Crippen LogP contribution in [0.3, 0.4) is 0 Å². The summed E-state index contributed by atoms with van der Waals surface area (Å²) < 4.78 is 14.7. The van der Waals surface area contributed by atoms with Crippen LogP contribution in [0.5, 0.6) is 0 Å². The van der Waals surface area contributed by atoms with Gasteiger partial charge < -0.3 is 0 Å². The number of carbonyl (C=O) groups excluding carboxylic acids is 1. The fraction of sp³-hybridized carbons (Fsp3) is 0.182. The zero-order valence-electron chi connectivity index (χ0n) is 8.94. The maximum Gasteiger partial charge on any atom is 0.212 e. The molecule has 16 heavy (non-hydrogen) atoms. The summed E-state index contributed by atoms with van der Waals surface area (Å²) >= 11 is 0. The second-order valence-electron chi connectivity index (χ2n) is 3.54. The Morgan fingerprint density at radius 1 is 1.44 bits per heavy atom. The van der Waals surface area contributed by atoms with Crippen molar-refractivity contribution >= 4 is 5.78 Å². The Bertz CT molecular complexity index is 548. The van der Waals surface area contributed by atoms with E-state index in [-0.39, 0.29) is 11.6 Å². The van der Waals surface area contributed by atoms with Crippen LogP contribution in [0.2, 0.25) is 0 Å². The summed E-state index contributed by atoms with van der Waals surface area (Å²) in [5.74, 6) is -0.674. The first-order valence-corrected chi connectivity index (χ1v) is 4.75. The summed E-state index contributed by atoms with van der Waals surface area (Å²) in [4.78, 5) is 11.9. The van der Waals surface area contributed by atoms with Crippen LogP contribution in [0, 0.1) is 12.7 Å². The van der Waals surface area contributed by atoms with Crippen LogP contribution in [0.25, 0.3) is 0 Å². The zero-order chi connectivity index (χ0) is 11.7. The van der Waals surface area contributed by atoms with Crippen molar-refractivity contribution in [1.82, 2.24) is 15.0 Å². The SMILES string of the molecule is Cc1ccc(C(=O)c2cnnn2C)cc1F. The average molecular weight is 219 g/mol. The van der Waals surface area contributed by atoms with E-state index < -0.39 is 0 Å². The highest BCUT2D eigenvalue weighted by Crippen LogP contribution is 2.12. The predicted octanol–water partition coefficient (Wildman–Crippen LogP) is 1.49. The first-order chi connectivity index (χ1) is 7.59. The van der Waals surface area contributed by atoms with Crippen molar-refractivity contribution in [3.8, 4) is 0 Å². The molecule has 0 amide bonds. The number of hydrogen-bond donors (Lipinski definition) is 0. The van der Waals surface area contributed by atoms with Crippen LogP contribution in [0.4, 0.5) is 4.39 Å². The number of carbonyl (C=O) groups is 1. The molecular weight excluding hydrogens is 209 g/mol. The van der Waals surface area contributed by atoms with Gasteiger partial charge in [0.15, 0.2) is 0 Å². The van der Waals surface area contributed by atoms with Crippen LogP contribution in [-0.4, -0.2) is 20.8 Å². The van der Waals surface area contributed by atoms with Crippen molar-refractivity contribution in [2.45, 2.75) is 6.92 Å². The number of ketones is 1. The molecule has 0 atom stereocenters. The summed E-state index contributed by atoms with van der Waals surface area (Å²) in [6, 6.07) is 4.39. The number of benzene rings is 1. The number of aromatic nitrogens is 3. The Kier molecular flexibility index (Phi) is 2.52. The molecule has 82 valence electrons. The van der Waals surface area contributed by atoms with Gasteiger partial charge in [-0.3, -0.25) is 4.79 Å². The van der Waals surface area contributed by atoms with Gasteiger partial charge in [-0.1, -0.05) is 17.3 Å². The third-order valence-corrected chi connectivity index (χ3v) is 2.38. The molecule has 0 saturated heterocycles. The topological polar surface area (TPSA) is 47.8 Å². The first kappa shape index (κ1) is 10.5. The van der Waals surface area contributed by atoms with Gasteiger partial charge in [-0.15, -0.1) is 5.10 Å². The van der Waals surface area contributed by atoms with Gasteiger partial charge in [0.25, 0.3) is 0 Å². The van der Waals surface area contributed by atoms with Crippen LogP contribution in [0.15, 0.2) is 24.4 Å². The highest BCUT2D eigenvalue weighted by Gasteiger charge is 2.14. The molecular formula is C11H10FN3O. The molecule has 0 radical (unpaired) electrons. The third-order valence-electron chi connectivity index (χ3n) is 2.38. The fourth-order valence-corrected chi connectivity index (χ4v) is 1.38. The molecule has 5 heteroatoms. The van der Waals surface area contributed by atoms with E-state index in [9.17, 15) is 9.18 Å². The van der Waals surface area contributed by atoms with Crippen LogP contribution >= 0.6 is 0 Å². The lowest BCUT2D eigenvalue weighted by molar-refractivity contribution is 0.103. The van der Waals surface area contributed by atoms with E-state index in [2.05, 4.69) is 10.3 Å². The largest absolute Gasteiger partial charge is 0.287 e. The molecule has 0 bridgehead atoms. The van der Waals surface area contributed by atoms with E-state index in [1.54, 1.807) is 26.1 Å². The molecule has 0 aliphatic rings. The second-order valence-corrected chi connectivity index (χ2v) is 3.54. The summed E-state index contributed by atoms with van der Waals surface area (Å²) in [5.41, 5.74) is 1.15. The molecule has 1 aromatic heterocycles. The molecule has 2 aromatic rings.